The van der Waals surface area contributed by atoms with Gasteiger partial charge >= 0.3 is 0 Å². The molecule has 0 bridgehead atoms. The molecule has 0 aliphatic rings. The second-order valence-corrected chi connectivity index (χ2v) is 7.54. The highest BCUT2D eigenvalue weighted by Crippen LogP contribution is 2.32. The maximum Gasteiger partial charge on any atom is 0.272 e. The molecule has 3 aromatic rings. The Bertz CT molecular complexity index is 1030. The number of nitro groups is 1. The number of aromatic nitrogens is 1. The molecule has 2 aromatic carbocycles. The summed E-state index contributed by atoms with van der Waals surface area (Å²) in [6, 6.07) is 7.50. The van der Waals surface area contributed by atoms with Crippen LogP contribution >= 0.6 is 23.1 Å². The quantitative estimate of drug-likeness (QED) is 0.351. The second-order valence-electron chi connectivity index (χ2n) is 5.24. The van der Waals surface area contributed by atoms with E-state index in [-0.39, 0.29) is 11.3 Å². The molecule has 0 saturated heterocycles. The number of anilines is 1. The summed E-state index contributed by atoms with van der Waals surface area (Å²) in [6.07, 6.45) is -2.44. The Morgan fingerprint density at radius 3 is 2.74 bits per heavy atom. The minimum absolute atomic E-state index is 0.335. The molecule has 6 nitrogen and oxygen atoms in total. The third-order valence-corrected chi connectivity index (χ3v) is 5.54. The van der Waals surface area contributed by atoms with Crippen molar-refractivity contribution in [1.82, 2.24) is 4.98 Å². The molecule has 3 rings (SSSR count). The van der Waals surface area contributed by atoms with E-state index in [1.54, 1.807) is 18.2 Å². The molecule has 0 radical (unpaired) electrons. The number of nitrogens with zero attached hydrogens (tertiary/aromatic N) is 2. The first-order valence-electron chi connectivity index (χ1n) is 7.40. The Labute approximate surface area is 158 Å². The number of alkyl halides is 2. The lowest BCUT2D eigenvalue weighted by Crippen LogP contribution is -2.13. The standard InChI is InChI=1S/C16H10F3N3O3S2/c17-11-6-9(22(24)25)2-3-10(11)15(23)20-8-1-4-12-13(5-8)27-16(21-12)26-7-14(18)19/h1-6,14H,7H2,(H,20,23). The first-order chi connectivity index (χ1) is 12.8. The highest BCUT2D eigenvalue weighted by Gasteiger charge is 2.17. The summed E-state index contributed by atoms with van der Waals surface area (Å²) in [5.74, 6) is -2.13. The van der Waals surface area contributed by atoms with Crippen LogP contribution < -0.4 is 5.32 Å². The molecular formula is C16H10F3N3O3S2. The second kappa shape index (κ2) is 7.92. The molecule has 1 heterocycles. The van der Waals surface area contributed by atoms with Crippen molar-refractivity contribution >= 4 is 50.6 Å². The summed E-state index contributed by atoms with van der Waals surface area (Å²) in [4.78, 5) is 26.3. The lowest BCUT2D eigenvalue weighted by molar-refractivity contribution is -0.385. The number of non-ortho nitro benzene ring substituents is 1. The molecule has 1 aromatic heterocycles. The van der Waals surface area contributed by atoms with Gasteiger partial charge in [-0.15, -0.1) is 11.3 Å². The molecule has 0 aliphatic carbocycles. The Kier molecular flexibility index (Phi) is 5.61. The largest absolute Gasteiger partial charge is 0.322 e. The van der Waals surface area contributed by atoms with Crippen LogP contribution in [0.3, 0.4) is 0 Å². The highest BCUT2D eigenvalue weighted by atomic mass is 32.2. The smallest absolute Gasteiger partial charge is 0.272 e. The van der Waals surface area contributed by atoms with Gasteiger partial charge in [0, 0.05) is 11.8 Å². The van der Waals surface area contributed by atoms with E-state index in [0.29, 0.717) is 26.3 Å². The average molecular weight is 413 g/mol. The summed E-state index contributed by atoms with van der Waals surface area (Å²) in [6.45, 7) is 0. The van der Waals surface area contributed by atoms with Crippen molar-refractivity contribution in [1.29, 1.82) is 0 Å². The molecule has 1 N–H and O–H groups in total. The molecule has 0 atom stereocenters. The zero-order valence-corrected chi connectivity index (χ0v) is 15.0. The maximum atomic E-state index is 13.9. The molecule has 27 heavy (non-hydrogen) atoms. The Morgan fingerprint density at radius 2 is 2.07 bits per heavy atom. The first kappa shape index (κ1) is 19.1. The van der Waals surface area contributed by atoms with E-state index in [1.165, 1.54) is 11.3 Å². The number of benzene rings is 2. The van der Waals surface area contributed by atoms with Crippen LogP contribution in [-0.4, -0.2) is 28.0 Å². The molecular weight excluding hydrogens is 403 g/mol. The van der Waals surface area contributed by atoms with Gasteiger partial charge in [0.2, 0.25) is 6.43 Å². The number of nitro benzene ring substituents is 1. The van der Waals surface area contributed by atoms with E-state index < -0.39 is 28.8 Å². The number of amides is 1. The Balaban J connectivity index is 1.77. The molecule has 1 amide bonds. The van der Waals surface area contributed by atoms with Gasteiger partial charge in [-0.1, -0.05) is 11.8 Å². The molecule has 0 fully saturated rings. The molecule has 0 unspecified atom stereocenters. The number of carbonyl (C=O) groups excluding carboxylic acids is 1. The number of fused-ring (bicyclic) bond motifs is 1. The Morgan fingerprint density at radius 1 is 1.30 bits per heavy atom. The fourth-order valence-corrected chi connectivity index (χ4v) is 4.05. The number of thiazole rings is 1. The van der Waals surface area contributed by atoms with Gasteiger partial charge in [0.1, 0.15) is 5.82 Å². The van der Waals surface area contributed by atoms with Gasteiger partial charge < -0.3 is 5.32 Å². The van der Waals surface area contributed by atoms with E-state index in [1.807, 2.05) is 0 Å². The minimum Gasteiger partial charge on any atom is -0.322 e. The number of carbonyl (C=O) groups is 1. The highest BCUT2D eigenvalue weighted by molar-refractivity contribution is 8.01. The van der Waals surface area contributed by atoms with Crippen molar-refractivity contribution in [2.24, 2.45) is 0 Å². The summed E-state index contributed by atoms with van der Waals surface area (Å²) in [5.41, 5.74) is 0.165. The summed E-state index contributed by atoms with van der Waals surface area (Å²) >= 11 is 2.14. The summed E-state index contributed by atoms with van der Waals surface area (Å²) in [7, 11) is 0. The van der Waals surface area contributed by atoms with Crippen LogP contribution in [0.1, 0.15) is 10.4 Å². The van der Waals surface area contributed by atoms with Gasteiger partial charge in [-0.25, -0.2) is 18.2 Å². The van der Waals surface area contributed by atoms with Gasteiger partial charge in [-0.3, -0.25) is 14.9 Å². The number of nitrogens with one attached hydrogen (secondary N) is 1. The number of thioether (sulfide) groups is 1. The van der Waals surface area contributed by atoms with E-state index in [9.17, 15) is 28.1 Å². The number of halogens is 3. The fraction of sp³-hybridized carbons (Fsp3) is 0.125. The van der Waals surface area contributed by atoms with Crippen LogP contribution in [0, 0.1) is 15.9 Å². The van der Waals surface area contributed by atoms with Gasteiger partial charge in [-0.2, -0.15) is 0 Å². The zero-order chi connectivity index (χ0) is 19.6. The van der Waals surface area contributed by atoms with Crippen molar-refractivity contribution in [3.8, 4) is 0 Å². The minimum atomic E-state index is -2.44. The van der Waals surface area contributed by atoms with E-state index in [4.69, 9.17) is 0 Å². The van der Waals surface area contributed by atoms with Crippen molar-refractivity contribution in [3.05, 3.63) is 57.9 Å². The molecule has 0 aliphatic heterocycles. The van der Waals surface area contributed by atoms with E-state index in [0.717, 1.165) is 23.9 Å². The third kappa shape index (κ3) is 4.55. The zero-order valence-electron chi connectivity index (χ0n) is 13.3. The monoisotopic (exact) mass is 413 g/mol. The van der Waals surface area contributed by atoms with Crippen LogP contribution in [0.5, 0.6) is 0 Å². The lowest BCUT2D eigenvalue weighted by atomic mass is 10.1. The summed E-state index contributed by atoms with van der Waals surface area (Å²) < 4.78 is 39.7. The first-order valence-corrected chi connectivity index (χ1v) is 9.20. The van der Waals surface area contributed by atoms with Crippen molar-refractivity contribution in [2.45, 2.75) is 10.8 Å². The van der Waals surface area contributed by atoms with Gasteiger partial charge in [0.05, 0.1) is 32.5 Å². The molecule has 0 saturated carbocycles. The fourth-order valence-electron chi connectivity index (χ4n) is 2.18. The normalized spacial score (nSPS) is 11.1. The number of hydrogen-bond donors (Lipinski definition) is 1. The van der Waals surface area contributed by atoms with Crippen molar-refractivity contribution in [2.75, 3.05) is 11.1 Å². The maximum absolute atomic E-state index is 13.9. The molecule has 0 spiro atoms. The predicted molar refractivity (Wildman–Crippen MR) is 97.4 cm³/mol. The number of rotatable bonds is 6. The van der Waals surface area contributed by atoms with Crippen LogP contribution in [0.4, 0.5) is 24.5 Å². The van der Waals surface area contributed by atoms with Crippen LogP contribution in [0.2, 0.25) is 0 Å². The van der Waals surface area contributed by atoms with Gasteiger partial charge in [0.15, 0.2) is 4.34 Å². The predicted octanol–water partition coefficient (Wildman–Crippen LogP) is 4.95. The van der Waals surface area contributed by atoms with E-state index >= 15 is 0 Å². The topological polar surface area (TPSA) is 85.1 Å². The number of hydrogen-bond acceptors (Lipinski definition) is 6. The van der Waals surface area contributed by atoms with Crippen molar-refractivity contribution in [3.63, 3.8) is 0 Å². The lowest BCUT2D eigenvalue weighted by Gasteiger charge is -2.06. The van der Waals surface area contributed by atoms with E-state index in [2.05, 4.69) is 10.3 Å². The SMILES string of the molecule is O=C(Nc1ccc2nc(SCC(F)F)sc2c1)c1ccc([N+](=O)[O-])cc1F. The summed E-state index contributed by atoms with van der Waals surface area (Å²) in [5, 5.41) is 13.1. The molecule has 11 heteroatoms. The average Bonchev–Trinajstić information content (AvgIpc) is 3.01. The van der Waals surface area contributed by atoms with Crippen molar-refractivity contribution < 1.29 is 22.9 Å². The Hall–Kier alpha value is -2.66. The van der Waals surface area contributed by atoms with Crippen LogP contribution in [0.15, 0.2) is 40.7 Å². The molecule has 140 valence electrons. The third-order valence-electron chi connectivity index (χ3n) is 3.37. The van der Waals surface area contributed by atoms with Gasteiger partial charge in [-0.05, 0) is 24.3 Å². The van der Waals surface area contributed by atoms with Gasteiger partial charge in [0.25, 0.3) is 11.6 Å². The van der Waals surface area contributed by atoms with Crippen LogP contribution in [-0.2, 0) is 0 Å². The van der Waals surface area contributed by atoms with Crippen LogP contribution in [0.25, 0.3) is 10.2 Å².